The van der Waals surface area contributed by atoms with Gasteiger partial charge in [0, 0.05) is 35.3 Å². The highest BCUT2D eigenvalue weighted by atomic mass is 16.5. The van der Waals surface area contributed by atoms with E-state index in [1.165, 1.54) is 25.3 Å². The summed E-state index contributed by atoms with van der Waals surface area (Å²) in [7, 11) is 1.44. The van der Waals surface area contributed by atoms with Gasteiger partial charge in [-0.05, 0) is 54.6 Å². The predicted octanol–water partition coefficient (Wildman–Crippen LogP) is 4.54. The number of methoxy groups -OCH3 is 1. The second-order valence-electron chi connectivity index (χ2n) is 6.53. The van der Waals surface area contributed by atoms with Crippen molar-refractivity contribution in [3.63, 3.8) is 0 Å². The number of nitrogens with zero attached hydrogens (tertiary/aromatic N) is 3. The van der Waals surface area contributed by atoms with E-state index >= 15 is 0 Å². The number of pyridine rings is 1. The molecule has 0 spiro atoms. The summed E-state index contributed by atoms with van der Waals surface area (Å²) < 4.78 is 6.86. The SMILES string of the molecule is COc1cc(C(=O)/C=C\c2cn(-c3ccccc3)nc2-c2ccncc2)ccc1O. The van der Waals surface area contributed by atoms with Crippen LogP contribution in [0.2, 0.25) is 0 Å². The van der Waals surface area contributed by atoms with Gasteiger partial charge in [0.15, 0.2) is 17.3 Å². The van der Waals surface area contributed by atoms with E-state index < -0.39 is 0 Å². The molecule has 4 rings (SSSR count). The second-order valence-corrected chi connectivity index (χ2v) is 6.53. The molecule has 0 unspecified atom stereocenters. The van der Waals surface area contributed by atoms with Gasteiger partial charge in [-0.1, -0.05) is 18.2 Å². The molecule has 0 aliphatic rings. The summed E-state index contributed by atoms with van der Waals surface area (Å²) in [5, 5.41) is 14.4. The normalized spacial score (nSPS) is 11.0. The monoisotopic (exact) mass is 397 g/mol. The second kappa shape index (κ2) is 8.45. The van der Waals surface area contributed by atoms with Gasteiger partial charge in [-0.2, -0.15) is 5.10 Å². The molecule has 2 heterocycles. The Morgan fingerprint density at radius 3 is 2.57 bits per heavy atom. The first-order valence-electron chi connectivity index (χ1n) is 9.30. The Balaban J connectivity index is 1.70. The molecule has 0 bridgehead atoms. The Morgan fingerprint density at radius 1 is 1.07 bits per heavy atom. The average Bonchev–Trinajstić information content (AvgIpc) is 3.23. The van der Waals surface area contributed by atoms with Crippen molar-refractivity contribution in [3.05, 3.63) is 96.5 Å². The quantitative estimate of drug-likeness (QED) is 0.382. The Morgan fingerprint density at radius 2 is 1.83 bits per heavy atom. The van der Waals surface area contributed by atoms with E-state index in [9.17, 15) is 9.90 Å². The average molecular weight is 397 g/mol. The minimum Gasteiger partial charge on any atom is -0.504 e. The van der Waals surface area contributed by atoms with E-state index in [0.717, 1.165) is 22.5 Å². The van der Waals surface area contributed by atoms with Crippen molar-refractivity contribution < 1.29 is 14.6 Å². The molecule has 1 N–H and O–H groups in total. The third-order valence-corrected chi connectivity index (χ3v) is 4.60. The topological polar surface area (TPSA) is 77.2 Å². The molecule has 0 saturated carbocycles. The number of carbonyl (C=O) groups is 1. The van der Waals surface area contributed by atoms with Crippen molar-refractivity contribution in [2.24, 2.45) is 0 Å². The Kier molecular flexibility index (Phi) is 5.39. The van der Waals surface area contributed by atoms with E-state index in [1.807, 2.05) is 48.7 Å². The maximum Gasteiger partial charge on any atom is 0.185 e. The number of allylic oxidation sites excluding steroid dienone is 1. The molecular weight excluding hydrogens is 378 g/mol. The van der Waals surface area contributed by atoms with Crippen molar-refractivity contribution in [1.29, 1.82) is 0 Å². The fourth-order valence-corrected chi connectivity index (χ4v) is 3.05. The van der Waals surface area contributed by atoms with Gasteiger partial charge in [-0.3, -0.25) is 9.78 Å². The van der Waals surface area contributed by atoms with Crippen LogP contribution < -0.4 is 4.74 Å². The highest BCUT2D eigenvalue weighted by molar-refractivity contribution is 6.07. The van der Waals surface area contributed by atoms with E-state index in [4.69, 9.17) is 9.84 Å². The zero-order chi connectivity index (χ0) is 20.9. The van der Waals surface area contributed by atoms with Crippen molar-refractivity contribution >= 4 is 11.9 Å². The van der Waals surface area contributed by atoms with Crippen molar-refractivity contribution in [3.8, 4) is 28.4 Å². The summed E-state index contributed by atoms with van der Waals surface area (Å²) in [4.78, 5) is 16.7. The standard InChI is InChI=1S/C24H19N3O3/c1-30-23-15-18(7-10-22(23)29)21(28)9-8-19-16-27(20-5-3-2-4-6-20)26-24(19)17-11-13-25-14-12-17/h2-16,29H,1H3/b9-8-. The number of para-hydroxylation sites is 1. The highest BCUT2D eigenvalue weighted by Crippen LogP contribution is 2.27. The number of carbonyl (C=O) groups excluding carboxylic acids is 1. The molecule has 4 aromatic rings. The molecule has 2 aromatic heterocycles. The Bertz CT molecular complexity index is 1200. The summed E-state index contributed by atoms with van der Waals surface area (Å²) in [6.07, 6.45) is 8.52. The van der Waals surface area contributed by atoms with Gasteiger partial charge in [-0.25, -0.2) is 4.68 Å². The number of phenols is 1. The number of aromatic hydroxyl groups is 1. The Hall–Kier alpha value is -4.19. The number of ketones is 1. The third kappa shape index (κ3) is 3.98. The molecule has 30 heavy (non-hydrogen) atoms. The molecule has 0 aliphatic carbocycles. The van der Waals surface area contributed by atoms with Gasteiger partial charge in [0.2, 0.25) is 0 Å². The lowest BCUT2D eigenvalue weighted by atomic mass is 10.1. The molecule has 0 radical (unpaired) electrons. The zero-order valence-corrected chi connectivity index (χ0v) is 16.3. The lowest BCUT2D eigenvalue weighted by Crippen LogP contribution is -1.95. The maximum atomic E-state index is 12.7. The van der Waals surface area contributed by atoms with Gasteiger partial charge in [0.1, 0.15) is 5.69 Å². The van der Waals surface area contributed by atoms with Crippen LogP contribution in [0.25, 0.3) is 23.0 Å². The minimum atomic E-state index is -0.207. The first-order chi connectivity index (χ1) is 14.7. The number of ether oxygens (including phenoxy) is 1. The van der Waals surface area contributed by atoms with Gasteiger partial charge >= 0.3 is 0 Å². The summed E-state index contributed by atoms with van der Waals surface area (Å²) in [5.74, 6) is 0.0344. The first kappa shape index (κ1) is 19.1. The molecule has 0 amide bonds. The fourth-order valence-electron chi connectivity index (χ4n) is 3.05. The van der Waals surface area contributed by atoms with Crippen LogP contribution in [0, 0.1) is 0 Å². The predicted molar refractivity (Wildman–Crippen MR) is 115 cm³/mol. The van der Waals surface area contributed by atoms with Gasteiger partial charge in [0.05, 0.1) is 12.8 Å². The first-order valence-corrected chi connectivity index (χ1v) is 9.30. The number of rotatable bonds is 6. The van der Waals surface area contributed by atoms with Crippen molar-refractivity contribution in [2.75, 3.05) is 7.11 Å². The number of phenolic OH excluding ortho intramolecular Hbond substituents is 1. The van der Waals surface area contributed by atoms with Crippen LogP contribution >= 0.6 is 0 Å². The maximum absolute atomic E-state index is 12.7. The molecule has 6 nitrogen and oxygen atoms in total. The summed E-state index contributed by atoms with van der Waals surface area (Å²) >= 11 is 0. The molecule has 0 saturated heterocycles. The smallest absolute Gasteiger partial charge is 0.185 e. The molecular formula is C24H19N3O3. The Labute approximate surface area is 173 Å². The summed E-state index contributed by atoms with van der Waals surface area (Å²) in [6, 6.07) is 18.0. The van der Waals surface area contributed by atoms with Gasteiger partial charge in [0.25, 0.3) is 0 Å². The van der Waals surface area contributed by atoms with Crippen LogP contribution in [-0.2, 0) is 0 Å². The lowest BCUT2D eigenvalue weighted by Gasteiger charge is -2.04. The number of benzene rings is 2. The molecule has 6 heteroatoms. The minimum absolute atomic E-state index is 0.0119. The van der Waals surface area contributed by atoms with Crippen LogP contribution in [0.15, 0.2) is 85.3 Å². The van der Waals surface area contributed by atoms with Crippen molar-refractivity contribution in [1.82, 2.24) is 14.8 Å². The van der Waals surface area contributed by atoms with E-state index in [0.29, 0.717) is 5.56 Å². The van der Waals surface area contributed by atoms with Crippen LogP contribution in [0.3, 0.4) is 0 Å². The van der Waals surface area contributed by atoms with Crippen LogP contribution in [-0.4, -0.2) is 32.8 Å². The van der Waals surface area contributed by atoms with Crippen LogP contribution in [0.4, 0.5) is 0 Å². The molecule has 0 fully saturated rings. The van der Waals surface area contributed by atoms with E-state index in [2.05, 4.69) is 4.98 Å². The summed E-state index contributed by atoms with van der Waals surface area (Å²) in [5.41, 5.74) is 3.78. The number of aromatic nitrogens is 3. The third-order valence-electron chi connectivity index (χ3n) is 4.60. The summed E-state index contributed by atoms with van der Waals surface area (Å²) in [6.45, 7) is 0. The zero-order valence-electron chi connectivity index (χ0n) is 16.3. The van der Waals surface area contributed by atoms with Crippen LogP contribution in [0.1, 0.15) is 15.9 Å². The fraction of sp³-hybridized carbons (Fsp3) is 0.0417. The van der Waals surface area contributed by atoms with E-state index in [1.54, 1.807) is 29.2 Å². The lowest BCUT2D eigenvalue weighted by molar-refractivity contribution is 0.104. The molecule has 2 aromatic carbocycles. The van der Waals surface area contributed by atoms with Crippen molar-refractivity contribution in [2.45, 2.75) is 0 Å². The van der Waals surface area contributed by atoms with Gasteiger partial charge in [-0.15, -0.1) is 0 Å². The van der Waals surface area contributed by atoms with Crippen LogP contribution in [0.5, 0.6) is 11.5 Å². The van der Waals surface area contributed by atoms with Gasteiger partial charge < -0.3 is 9.84 Å². The highest BCUT2D eigenvalue weighted by Gasteiger charge is 2.12. The largest absolute Gasteiger partial charge is 0.504 e. The number of hydrogen-bond donors (Lipinski definition) is 1. The molecule has 0 aliphatic heterocycles. The number of hydrogen-bond acceptors (Lipinski definition) is 5. The molecule has 0 atom stereocenters. The molecule has 148 valence electrons. The van der Waals surface area contributed by atoms with E-state index in [-0.39, 0.29) is 17.3 Å².